The highest BCUT2D eigenvalue weighted by Gasteiger charge is 2.28. The standard InChI is InChI=1S/C7H15NO2/c1-5(8)6(10)7(2,3)4-9/h5,9H,4,8H2,1-3H3. The Morgan fingerprint density at radius 1 is 1.70 bits per heavy atom. The predicted molar refractivity (Wildman–Crippen MR) is 39.5 cm³/mol. The summed E-state index contributed by atoms with van der Waals surface area (Å²) >= 11 is 0. The van der Waals surface area contributed by atoms with Crippen LogP contribution in [0.4, 0.5) is 0 Å². The van der Waals surface area contributed by atoms with E-state index in [4.69, 9.17) is 10.8 Å². The van der Waals surface area contributed by atoms with Crippen LogP contribution in [0.25, 0.3) is 0 Å². The molecule has 0 aromatic carbocycles. The summed E-state index contributed by atoms with van der Waals surface area (Å²) in [5, 5.41) is 8.74. The van der Waals surface area contributed by atoms with Gasteiger partial charge in [0.05, 0.1) is 12.6 Å². The summed E-state index contributed by atoms with van der Waals surface area (Å²) in [4.78, 5) is 11.1. The van der Waals surface area contributed by atoms with Gasteiger partial charge >= 0.3 is 0 Å². The fourth-order valence-electron chi connectivity index (χ4n) is 0.694. The minimum Gasteiger partial charge on any atom is -0.395 e. The normalized spacial score (nSPS) is 14.9. The van der Waals surface area contributed by atoms with Crippen LogP contribution in [0.1, 0.15) is 20.8 Å². The number of nitrogens with two attached hydrogens (primary N) is 1. The van der Waals surface area contributed by atoms with Gasteiger partial charge in [-0.1, -0.05) is 13.8 Å². The van der Waals surface area contributed by atoms with Crippen molar-refractivity contribution in [3.8, 4) is 0 Å². The summed E-state index contributed by atoms with van der Waals surface area (Å²) in [6.45, 7) is 4.84. The van der Waals surface area contributed by atoms with Crippen molar-refractivity contribution in [1.82, 2.24) is 0 Å². The molecule has 3 nitrogen and oxygen atoms in total. The molecule has 0 saturated heterocycles. The number of aliphatic hydroxyl groups excluding tert-OH is 1. The molecule has 0 heterocycles. The maximum Gasteiger partial charge on any atom is 0.157 e. The van der Waals surface area contributed by atoms with E-state index in [2.05, 4.69) is 0 Å². The Morgan fingerprint density at radius 2 is 2.10 bits per heavy atom. The summed E-state index contributed by atoms with van der Waals surface area (Å²) in [5.41, 5.74) is 4.65. The highest BCUT2D eigenvalue weighted by atomic mass is 16.3. The second-order valence-corrected chi connectivity index (χ2v) is 3.19. The van der Waals surface area contributed by atoms with Crippen LogP contribution in [0.15, 0.2) is 0 Å². The molecule has 0 bridgehead atoms. The van der Waals surface area contributed by atoms with E-state index in [1.54, 1.807) is 20.8 Å². The number of hydrogen-bond donors (Lipinski definition) is 2. The topological polar surface area (TPSA) is 63.3 Å². The summed E-state index contributed by atoms with van der Waals surface area (Å²) in [7, 11) is 0. The Morgan fingerprint density at radius 3 is 2.20 bits per heavy atom. The molecule has 0 radical (unpaired) electrons. The van der Waals surface area contributed by atoms with E-state index in [0.717, 1.165) is 0 Å². The molecule has 1 atom stereocenters. The van der Waals surface area contributed by atoms with Gasteiger partial charge in [-0.2, -0.15) is 0 Å². The minimum atomic E-state index is -0.686. The first-order chi connectivity index (χ1) is 4.41. The van der Waals surface area contributed by atoms with Crippen molar-refractivity contribution in [2.75, 3.05) is 6.61 Å². The first-order valence-electron chi connectivity index (χ1n) is 3.32. The maximum atomic E-state index is 11.1. The second-order valence-electron chi connectivity index (χ2n) is 3.19. The molecular formula is C7H15NO2. The lowest BCUT2D eigenvalue weighted by atomic mass is 9.86. The Balaban J connectivity index is 4.19. The highest BCUT2D eigenvalue weighted by molar-refractivity contribution is 5.88. The molecular weight excluding hydrogens is 130 g/mol. The Kier molecular flexibility index (Phi) is 2.99. The quantitative estimate of drug-likeness (QED) is 0.584. The van der Waals surface area contributed by atoms with Crippen LogP contribution < -0.4 is 5.73 Å². The zero-order valence-electron chi connectivity index (χ0n) is 6.72. The van der Waals surface area contributed by atoms with Gasteiger partial charge in [-0.25, -0.2) is 0 Å². The van der Waals surface area contributed by atoms with Crippen LogP contribution in [-0.4, -0.2) is 23.5 Å². The van der Waals surface area contributed by atoms with Crippen LogP contribution >= 0.6 is 0 Å². The van der Waals surface area contributed by atoms with Gasteiger partial charge < -0.3 is 10.8 Å². The number of hydrogen-bond acceptors (Lipinski definition) is 3. The molecule has 0 fully saturated rings. The van der Waals surface area contributed by atoms with Gasteiger partial charge in [0.2, 0.25) is 0 Å². The van der Waals surface area contributed by atoms with E-state index in [1.807, 2.05) is 0 Å². The van der Waals surface area contributed by atoms with E-state index in [-0.39, 0.29) is 12.4 Å². The number of Topliss-reactive ketones (excluding diaryl/α,β-unsaturated/α-hetero) is 1. The molecule has 0 saturated carbocycles. The van der Waals surface area contributed by atoms with Crippen LogP contribution in [0.2, 0.25) is 0 Å². The molecule has 0 aliphatic rings. The molecule has 10 heavy (non-hydrogen) atoms. The van der Waals surface area contributed by atoms with Crippen molar-refractivity contribution in [3.05, 3.63) is 0 Å². The average molecular weight is 145 g/mol. The lowest BCUT2D eigenvalue weighted by Gasteiger charge is -2.21. The van der Waals surface area contributed by atoms with Crippen LogP contribution in [0, 0.1) is 5.41 Å². The van der Waals surface area contributed by atoms with Crippen molar-refractivity contribution in [2.45, 2.75) is 26.8 Å². The third kappa shape index (κ3) is 2.08. The summed E-state index contributed by atoms with van der Waals surface area (Å²) in [6.07, 6.45) is 0. The Hall–Kier alpha value is -0.410. The number of carbonyl (C=O) groups excluding carboxylic acids is 1. The second kappa shape index (κ2) is 3.12. The largest absolute Gasteiger partial charge is 0.395 e. The molecule has 0 rings (SSSR count). The van der Waals surface area contributed by atoms with Crippen molar-refractivity contribution < 1.29 is 9.90 Å². The summed E-state index contributed by atoms with van der Waals surface area (Å²) < 4.78 is 0. The number of ketones is 1. The lowest BCUT2D eigenvalue weighted by Crippen LogP contribution is -2.40. The molecule has 3 heteroatoms. The van der Waals surface area contributed by atoms with Gasteiger partial charge in [0.25, 0.3) is 0 Å². The third-order valence-electron chi connectivity index (χ3n) is 1.48. The number of carbonyl (C=O) groups is 1. The number of aliphatic hydroxyl groups is 1. The molecule has 0 amide bonds. The van der Waals surface area contributed by atoms with Gasteiger partial charge in [-0.05, 0) is 6.92 Å². The molecule has 3 N–H and O–H groups in total. The maximum absolute atomic E-state index is 11.1. The molecule has 0 aromatic rings. The lowest BCUT2D eigenvalue weighted by molar-refractivity contribution is -0.129. The van der Waals surface area contributed by atoms with Crippen molar-refractivity contribution in [3.63, 3.8) is 0 Å². The fraction of sp³-hybridized carbons (Fsp3) is 0.857. The molecule has 0 spiro atoms. The fourth-order valence-corrected chi connectivity index (χ4v) is 0.694. The van der Waals surface area contributed by atoms with Crippen LogP contribution in [-0.2, 0) is 4.79 Å². The Labute approximate surface area is 61.2 Å². The van der Waals surface area contributed by atoms with E-state index in [9.17, 15) is 4.79 Å². The third-order valence-corrected chi connectivity index (χ3v) is 1.48. The first kappa shape index (κ1) is 9.59. The molecule has 1 unspecified atom stereocenters. The van der Waals surface area contributed by atoms with Gasteiger partial charge in [0, 0.05) is 5.41 Å². The van der Waals surface area contributed by atoms with Crippen molar-refractivity contribution in [2.24, 2.45) is 11.1 Å². The van der Waals surface area contributed by atoms with Crippen molar-refractivity contribution in [1.29, 1.82) is 0 Å². The van der Waals surface area contributed by atoms with Crippen LogP contribution in [0.5, 0.6) is 0 Å². The number of rotatable bonds is 3. The average Bonchev–Trinajstić information content (AvgIpc) is 1.86. The van der Waals surface area contributed by atoms with Gasteiger partial charge in [-0.15, -0.1) is 0 Å². The predicted octanol–water partition coefficient (Wildman–Crippen LogP) is -0.0788. The monoisotopic (exact) mass is 145 g/mol. The van der Waals surface area contributed by atoms with E-state index >= 15 is 0 Å². The Bertz CT molecular complexity index is 130. The SMILES string of the molecule is CC(N)C(=O)C(C)(C)CO. The molecule has 60 valence electrons. The summed E-state index contributed by atoms with van der Waals surface area (Å²) in [5.74, 6) is -0.102. The zero-order chi connectivity index (χ0) is 8.36. The zero-order valence-corrected chi connectivity index (χ0v) is 6.72. The van der Waals surface area contributed by atoms with E-state index in [1.165, 1.54) is 0 Å². The molecule has 0 aliphatic carbocycles. The summed E-state index contributed by atoms with van der Waals surface area (Å²) in [6, 6.07) is -0.484. The van der Waals surface area contributed by atoms with Crippen LogP contribution in [0.3, 0.4) is 0 Å². The van der Waals surface area contributed by atoms with E-state index < -0.39 is 11.5 Å². The van der Waals surface area contributed by atoms with Gasteiger partial charge in [0.15, 0.2) is 5.78 Å². The highest BCUT2D eigenvalue weighted by Crippen LogP contribution is 2.15. The molecule has 0 aliphatic heterocycles. The van der Waals surface area contributed by atoms with E-state index in [0.29, 0.717) is 0 Å². The van der Waals surface area contributed by atoms with Crippen molar-refractivity contribution >= 4 is 5.78 Å². The van der Waals surface area contributed by atoms with Gasteiger partial charge in [0.1, 0.15) is 0 Å². The molecule has 0 aromatic heterocycles. The van der Waals surface area contributed by atoms with Gasteiger partial charge in [-0.3, -0.25) is 4.79 Å². The smallest absolute Gasteiger partial charge is 0.157 e. The minimum absolute atomic E-state index is 0.102. The first-order valence-corrected chi connectivity index (χ1v) is 3.32.